The van der Waals surface area contributed by atoms with Crippen LogP contribution in [0.4, 0.5) is 24.5 Å². The van der Waals surface area contributed by atoms with E-state index in [1.807, 2.05) is 6.07 Å². The molecule has 2 N–H and O–H groups in total. The highest BCUT2D eigenvalue weighted by molar-refractivity contribution is 7.80. The smallest absolute Gasteiger partial charge is 0.332 e. The molecule has 0 amide bonds. The number of alkyl halides is 3. The first-order chi connectivity index (χ1) is 13.2. The molecule has 146 valence electrons. The van der Waals surface area contributed by atoms with Crippen LogP contribution in [0.25, 0.3) is 0 Å². The number of rotatable bonds is 4. The minimum absolute atomic E-state index is 0.147. The maximum atomic E-state index is 12.8. The second-order valence-electron chi connectivity index (χ2n) is 5.83. The summed E-state index contributed by atoms with van der Waals surface area (Å²) in [5.41, 5.74) is 0.975. The molecule has 10 heteroatoms. The largest absolute Gasteiger partial charge is 0.416 e. The van der Waals surface area contributed by atoms with Crippen LogP contribution >= 0.6 is 35.4 Å². The summed E-state index contributed by atoms with van der Waals surface area (Å²) < 4.78 is 40.0. The van der Waals surface area contributed by atoms with E-state index < -0.39 is 11.7 Å². The lowest BCUT2D eigenvalue weighted by molar-refractivity contribution is -0.137. The summed E-state index contributed by atoms with van der Waals surface area (Å²) >= 11 is 17.1. The molecule has 3 aromatic rings. The molecular formula is C18H13Cl2F3N4S. The van der Waals surface area contributed by atoms with E-state index in [0.29, 0.717) is 22.3 Å². The molecule has 0 unspecified atom stereocenters. The molecule has 0 atom stereocenters. The molecule has 4 nitrogen and oxygen atoms in total. The average molecular weight is 445 g/mol. The van der Waals surface area contributed by atoms with E-state index in [2.05, 4.69) is 15.7 Å². The maximum absolute atomic E-state index is 12.8. The molecule has 0 bridgehead atoms. The number of aromatic nitrogens is 2. The monoisotopic (exact) mass is 444 g/mol. The molecule has 0 saturated heterocycles. The van der Waals surface area contributed by atoms with Crippen LogP contribution in [0.5, 0.6) is 0 Å². The van der Waals surface area contributed by atoms with Gasteiger partial charge in [-0.15, -0.1) is 0 Å². The van der Waals surface area contributed by atoms with E-state index in [0.717, 1.165) is 17.7 Å². The molecule has 1 aromatic heterocycles. The first-order valence-electron chi connectivity index (χ1n) is 7.92. The van der Waals surface area contributed by atoms with Crippen molar-refractivity contribution in [2.24, 2.45) is 0 Å². The van der Waals surface area contributed by atoms with Gasteiger partial charge < -0.3 is 10.6 Å². The third-order valence-electron chi connectivity index (χ3n) is 3.67. The van der Waals surface area contributed by atoms with Gasteiger partial charge in [-0.05, 0) is 48.1 Å². The molecule has 0 aliphatic heterocycles. The van der Waals surface area contributed by atoms with Crippen molar-refractivity contribution in [3.63, 3.8) is 0 Å². The van der Waals surface area contributed by atoms with Crippen molar-refractivity contribution in [3.05, 3.63) is 76.0 Å². The van der Waals surface area contributed by atoms with Crippen LogP contribution in [0.1, 0.15) is 11.1 Å². The molecule has 3 rings (SSSR count). The Morgan fingerprint density at radius 3 is 2.50 bits per heavy atom. The Morgan fingerprint density at radius 2 is 1.79 bits per heavy atom. The van der Waals surface area contributed by atoms with Crippen molar-refractivity contribution in [3.8, 4) is 0 Å². The zero-order valence-corrected chi connectivity index (χ0v) is 16.4. The van der Waals surface area contributed by atoms with Gasteiger partial charge in [-0.25, -0.2) is 0 Å². The number of anilines is 2. The number of nitrogens with zero attached hydrogens (tertiary/aromatic N) is 2. The number of halogens is 5. The summed E-state index contributed by atoms with van der Waals surface area (Å²) in [6.45, 7) is 0.465. The number of hydrogen-bond donors (Lipinski definition) is 2. The molecule has 28 heavy (non-hydrogen) atoms. The van der Waals surface area contributed by atoms with Gasteiger partial charge in [0.2, 0.25) is 0 Å². The molecule has 0 fully saturated rings. The zero-order valence-electron chi connectivity index (χ0n) is 14.1. The summed E-state index contributed by atoms with van der Waals surface area (Å²) in [4.78, 5) is 0. The number of nitrogens with one attached hydrogen (secondary N) is 2. The quantitative estimate of drug-likeness (QED) is 0.479. The number of hydrogen-bond acceptors (Lipinski definition) is 2. The fourth-order valence-electron chi connectivity index (χ4n) is 2.41. The van der Waals surface area contributed by atoms with Crippen molar-refractivity contribution < 1.29 is 13.2 Å². The molecule has 2 aromatic carbocycles. The fraction of sp³-hybridized carbons (Fsp3) is 0.111. The van der Waals surface area contributed by atoms with Gasteiger partial charge >= 0.3 is 6.18 Å². The van der Waals surface area contributed by atoms with E-state index in [1.54, 1.807) is 29.2 Å². The van der Waals surface area contributed by atoms with Gasteiger partial charge in [-0.1, -0.05) is 35.3 Å². The van der Waals surface area contributed by atoms with Crippen molar-refractivity contribution in [1.82, 2.24) is 9.78 Å². The van der Waals surface area contributed by atoms with Crippen LogP contribution in [0, 0.1) is 0 Å². The Hall–Kier alpha value is -2.29. The molecule has 0 saturated carbocycles. The normalized spacial score (nSPS) is 11.3. The summed E-state index contributed by atoms with van der Waals surface area (Å²) in [5.74, 6) is 0. The van der Waals surface area contributed by atoms with Crippen LogP contribution in [0.3, 0.4) is 0 Å². The van der Waals surface area contributed by atoms with Gasteiger partial charge in [-0.2, -0.15) is 18.3 Å². The Balaban J connectivity index is 1.62. The van der Waals surface area contributed by atoms with E-state index in [-0.39, 0.29) is 10.8 Å². The Kier molecular flexibility index (Phi) is 6.12. The number of benzene rings is 2. The summed E-state index contributed by atoms with van der Waals surface area (Å²) in [6, 6.07) is 10.1. The fourth-order valence-corrected chi connectivity index (χ4v) is 2.96. The highest BCUT2D eigenvalue weighted by Gasteiger charge is 2.30. The molecule has 1 heterocycles. The first kappa shape index (κ1) is 20.4. The van der Waals surface area contributed by atoms with Crippen LogP contribution in [0.15, 0.2) is 54.9 Å². The second kappa shape index (κ2) is 8.38. The van der Waals surface area contributed by atoms with E-state index in [1.165, 1.54) is 12.1 Å². The Labute approximate surface area is 174 Å². The van der Waals surface area contributed by atoms with E-state index in [4.69, 9.17) is 35.4 Å². The molecular weight excluding hydrogens is 432 g/mol. The van der Waals surface area contributed by atoms with Crippen molar-refractivity contribution >= 4 is 51.9 Å². The van der Waals surface area contributed by atoms with Gasteiger partial charge in [0.25, 0.3) is 0 Å². The predicted molar refractivity (Wildman–Crippen MR) is 109 cm³/mol. The van der Waals surface area contributed by atoms with Gasteiger partial charge in [0.15, 0.2) is 5.11 Å². The molecule has 0 spiro atoms. The van der Waals surface area contributed by atoms with Crippen LogP contribution < -0.4 is 10.6 Å². The minimum atomic E-state index is -4.42. The minimum Gasteiger partial charge on any atom is -0.332 e. The zero-order chi connectivity index (χ0) is 20.3. The maximum Gasteiger partial charge on any atom is 0.416 e. The first-order valence-corrected chi connectivity index (χ1v) is 9.09. The van der Waals surface area contributed by atoms with Crippen LogP contribution in [0.2, 0.25) is 10.0 Å². The standard InChI is InChI=1S/C18H13Cl2F3N4S/c19-15-5-4-11(6-16(15)20)9-27-10-14(8-24-27)26-17(28)25-13-3-1-2-12(7-13)18(21,22)23/h1-8,10H,9H2,(H2,25,26,28). The lowest BCUT2D eigenvalue weighted by Gasteiger charge is -2.11. The summed E-state index contributed by atoms with van der Waals surface area (Å²) in [7, 11) is 0. The number of thiocarbonyl (C=S) groups is 1. The van der Waals surface area contributed by atoms with Crippen LogP contribution in [-0.2, 0) is 12.7 Å². The van der Waals surface area contributed by atoms with Gasteiger partial charge in [0.1, 0.15) is 0 Å². The van der Waals surface area contributed by atoms with Gasteiger partial charge in [-0.3, -0.25) is 4.68 Å². The Morgan fingerprint density at radius 1 is 1.04 bits per heavy atom. The summed E-state index contributed by atoms with van der Waals surface area (Å²) in [6.07, 6.45) is -1.15. The van der Waals surface area contributed by atoms with Crippen molar-refractivity contribution in [2.45, 2.75) is 12.7 Å². The lowest BCUT2D eigenvalue weighted by atomic mass is 10.2. The molecule has 0 aliphatic carbocycles. The van der Waals surface area contributed by atoms with Gasteiger partial charge in [0.05, 0.1) is 34.0 Å². The summed E-state index contributed by atoms with van der Waals surface area (Å²) in [5, 5.41) is 10.9. The van der Waals surface area contributed by atoms with Crippen molar-refractivity contribution in [2.75, 3.05) is 10.6 Å². The SMILES string of the molecule is FC(F)(F)c1cccc(NC(=S)Nc2cnn(Cc3ccc(Cl)c(Cl)c3)c2)c1. The third-order valence-corrected chi connectivity index (χ3v) is 4.61. The van der Waals surface area contributed by atoms with E-state index in [9.17, 15) is 13.2 Å². The third kappa shape index (κ3) is 5.37. The van der Waals surface area contributed by atoms with E-state index >= 15 is 0 Å². The van der Waals surface area contributed by atoms with Crippen LogP contribution in [-0.4, -0.2) is 14.9 Å². The average Bonchev–Trinajstić information content (AvgIpc) is 3.04. The molecule has 0 radical (unpaired) electrons. The highest BCUT2D eigenvalue weighted by Crippen LogP contribution is 2.30. The predicted octanol–water partition coefficient (Wildman–Crippen LogP) is 6.07. The highest BCUT2D eigenvalue weighted by atomic mass is 35.5. The Bertz CT molecular complexity index is 1000. The van der Waals surface area contributed by atoms with Crippen molar-refractivity contribution in [1.29, 1.82) is 0 Å². The lowest BCUT2D eigenvalue weighted by Crippen LogP contribution is -2.19. The molecule has 0 aliphatic rings. The van der Waals surface area contributed by atoms with Gasteiger partial charge in [0, 0.05) is 11.9 Å². The second-order valence-corrected chi connectivity index (χ2v) is 7.06. The topological polar surface area (TPSA) is 41.9 Å².